The van der Waals surface area contributed by atoms with E-state index in [2.05, 4.69) is 205 Å². The minimum Gasteiger partial charge on any atom is -0.455 e. The maximum absolute atomic E-state index is 6.45. The summed E-state index contributed by atoms with van der Waals surface area (Å²) in [6, 6.07) is 76.5. The molecule has 0 aliphatic carbocycles. The Bertz CT molecular complexity index is 3240. The van der Waals surface area contributed by atoms with E-state index < -0.39 is 0 Å². The van der Waals surface area contributed by atoms with Crippen molar-refractivity contribution in [3.05, 3.63) is 212 Å². The molecule has 1 heterocycles. The normalized spacial score (nSPS) is 11.6. The van der Waals surface area contributed by atoms with Crippen molar-refractivity contribution in [3.63, 3.8) is 0 Å². The Labute approximate surface area is 325 Å². The number of fused-ring (bicyclic) bond motifs is 7. The third-order valence-corrected chi connectivity index (χ3v) is 11.2. The molecule has 262 valence electrons. The van der Waals surface area contributed by atoms with Gasteiger partial charge in [-0.15, -0.1) is 0 Å². The molecule has 11 aromatic rings. The van der Waals surface area contributed by atoms with Gasteiger partial charge < -0.3 is 9.32 Å². The first-order valence-electron chi connectivity index (χ1n) is 19.2. The first kappa shape index (κ1) is 32.0. The highest BCUT2D eigenvalue weighted by atomic mass is 16.3. The lowest BCUT2D eigenvalue weighted by Gasteiger charge is -2.28. The Morgan fingerprint density at radius 2 is 0.875 bits per heavy atom. The summed E-state index contributed by atoms with van der Waals surface area (Å²) in [5.74, 6) is 0. The highest BCUT2D eigenvalue weighted by molar-refractivity contribution is 6.21. The second-order valence-corrected chi connectivity index (χ2v) is 14.4. The largest absolute Gasteiger partial charge is 0.455 e. The average molecular weight is 714 g/mol. The van der Waals surface area contributed by atoms with E-state index in [9.17, 15) is 0 Å². The van der Waals surface area contributed by atoms with E-state index in [0.717, 1.165) is 50.1 Å². The highest BCUT2D eigenvalue weighted by Gasteiger charge is 2.21. The van der Waals surface area contributed by atoms with Crippen molar-refractivity contribution in [2.45, 2.75) is 0 Å². The smallest absolute Gasteiger partial charge is 0.143 e. The van der Waals surface area contributed by atoms with Gasteiger partial charge in [0.05, 0.1) is 5.69 Å². The van der Waals surface area contributed by atoms with Crippen molar-refractivity contribution in [3.8, 4) is 33.4 Å². The predicted octanol–water partition coefficient (Wildman–Crippen LogP) is 15.5. The van der Waals surface area contributed by atoms with Gasteiger partial charge in [0.1, 0.15) is 11.2 Å². The zero-order valence-electron chi connectivity index (χ0n) is 30.6. The van der Waals surface area contributed by atoms with E-state index in [4.69, 9.17) is 4.42 Å². The molecule has 0 N–H and O–H groups in total. The fourth-order valence-electron chi connectivity index (χ4n) is 8.74. The number of nitrogens with zero attached hydrogens (tertiary/aromatic N) is 1. The first-order chi connectivity index (χ1) is 27.8. The SMILES string of the molecule is c1ccc(-c2c(-c3cccc(N(c4ccc(-c5cccc6c5oc5ccccc56)cc4)c4cccc5ccccc45)c3)c3ccccc3c3ccccc23)cc1. The standard InChI is InChI=1S/C54H35NO/c1-2-16-38(17-3-1)52-47-25-8-6-22-44(47)45-23-7-9-26-48(45)53(52)39-19-12-20-41(35-39)55(50-29-13-18-36-15-4-5-21-42(36)50)40-33-31-37(32-34-40)43-27-14-28-49-46-24-10-11-30-51(46)56-54(43)49/h1-35H. The molecule has 2 heteroatoms. The number of benzene rings is 10. The van der Waals surface area contributed by atoms with Gasteiger partial charge in [0.25, 0.3) is 0 Å². The molecule has 0 atom stereocenters. The van der Waals surface area contributed by atoms with E-state index in [1.54, 1.807) is 0 Å². The highest BCUT2D eigenvalue weighted by Crippen LogP contribution is 2.47. The molecule has 0 aliphatic rings. The third-order valence-electron chi connectivity index (χ3n) is 11.2. The van der Waals surface area contributed by atoms with Crippen LogP contribution in [0.15, 0.2) is 217 Å². The van der Waals surface area contributed by atoms with Crippen LogP contribution in [0, 0.1) is 0 Å². The molecule has 0 fully saturated rings. The average Bonchev–Trinajstić information content (AvgIpc) is 3.66. The molecule has 0 bridgehead atoms. The molecule has 10 aromatic carbocycles. The van der Waals surface area contributed by atoms with Gasteiger partial charge in [-0.1, -0.05) is 176 Å². The van der Waals surface area contributed by atoms with Crippen LogP contribution in [-0.4, -0.2) is 0 Å². The Hall–Kier alpha value is -7.42. The quantitative estimate of drug-likeness (QED) is 0.160. The van der Waals surface area contributed by atoms with Gasteiger partial charge in [-0.2, -0.15) is 0 Å². The van der Waals surface area contributed by atoms with Crippen molar-refractivity contribution in [1.29, 1.82) is 0 Å². The maximum Gasteiger partial charge on any atom is 0.143 e. The molecular formula is C54H35NO. The maximum atomic E-state index is 6.45. The first-order valence-corrected chi connectivity index (χ1v) is 19.2. The molecule has 0 unspecified atom stereocenters. The Morgan fingerprint density at radius 1 is 0.321 bits per heavy atom. The zero-order chi connectivity index (χ0) is 37.0. The molecule has 56 heavy (non-hydrogen) atoms. The molecule has 0 spiro atoms. The summed E-state index contributed by atoms with van der Waals surface area (Å²) in [6.45, 7) is 0. The van der Waals surface area contributed by atoms with Crippen molar-refractivity contribution in [1.82, 2.24) is 0 Å². The predicted molar refractivity (Wildman–Crippen MR) is 237 cm³/mol. The second kappa shape index (κ2) is 13.2. The molecule has 0 amide bonds. The van der Waals surface area contributed by atoms with Crippen molar-refractivity contribution < 1.29 is 4.42 Å². The number of anilines is 3. The fraction of sp³-hybridized carbons (Fsp3) is 0. The van der Waals surface area contributed by atoms with Gasteiger partial charge in [-0.3, -0.25) is 0 Å². The van der Waals surface area contributed by atoms with Gasteiger partial charge in [-0.25, -0.2) is 0 Å². The van der Waals surface area contributed by atoms with Crippen LogP contribution in [0.4, 0.5) is 17.1 Å². The van der Waals surface area contributed by atoms with Crippen LogP contribution >= 0.6 is 0 Å². The lowest BCUT2D eigenvalue weighted by Crippen LogP contribution is -2.10. The summed E-state index contributed by atoms with van der Waals surface area (Å²) >= 11 is 0. The van der Waals surface area contributed by atoms with Crippen LogP contribution in [0.25, 0.3) is 87.6 Å². The third kappa shape index (κ3) is 5.19. The number of para-hydroxylation sites is 2. The lowest BCUT2D eigenvalue weighted by molar-refractivity contribution is 0.670. The molecule has 0 saturated heterocycles. The van der Waals surface area contributed by atoms with Gasteiger partial charge in [-0.05, 0) is 91.1 Å². The molecule has 1 aromatic heterocycles. The summed E-state index contributed by atoms with van der Waals surface area (Å²) in [4.78, 5) is 2.41. The van der Waals surface area contributed by atoms with E-state index in [0.29, 0.717) is 0 Å². The second-order valence-electron chi connectivity index (χ2n) is 14.4. The monoisotopic (exact) mass is 713 g/mol. The summed E-state index contributed by atoms with van der Waals surface area (Å²) in [6.07, 6.45) is 0. The fourth-order valence-corrected chi connectivity index (χ4v) is 8.74. The van der Waals surface area contributed by atoms with Gasteiger partial charge in [0, 0.05) is 33.1 Å². The number of hydrogen-bond donors (Lipinski definition) is 0. The lowest BCUT2D eigenvalue weighted by atomic mass is 9.85. The molecule has 2 nitrogen and oxygen atoms in total. The van der Waals surface area contributed by atoms with Gasteiger partial charge in [0.2, 0.25) is 0 Å². The van der Waals surface area contributed by atoms with Gasteiger partial charge in [0.15, 0.2) is 0 Å². The van der Waals surface area contributed by atoms with Crippen LogP contribution in [0.1, 0.15) is 0 Å². The number of rotatable bonds is 6. The molecule has 0 saturated carbocycles. The summed E-state index contributed by atoms with van der Waals surface area (Å²) < 4.78 is 6.45. The number of hydrogen-bond acceptors (Lipinski definition) is 2. The topological polar surface area (TPSA) is 16.4 Å². The Kier molecular flexibility index (Phi) is 7.53. The molecule has 0 aliphatic heterocycles. The minimum atomic E-state index is 0.906. The van der Waals surface area contributed by atoms with Crippen LogP contribution in [0.2, 0.25) is 0 Å². The van der Waals surface area contributed by atoms with E-state index in [1.807, 2.05) is 12.1 Å². The van der Waals surface area contributed by atoms with Crippen molar-refractivity contribution in [2.24, 2.45) is 0 Å². The molecule has 0 radical (unpaired) electrons. The minimum absolute atomic E-state index is 0.906. The van der Waals surface area contributed by atoms with Crippen LogP contribution in [0.5, 0.6) is 0 Å². The van der Waals surface area contributed by atoms with Crippen LogP contribution in [-0.2, 0) is 0 Å². The Balaban J connectivity index is 1.13. The summed E-state index contributed by atoms with van der Waals surface area (Å²) in [5, 5.41) is 9.66. The zero-order valence-corrected chi connectivity index (χ0v) is 30.6. The van der Waals surface area contributed by atoms with E-state index in [-0.39, 0.29) is 0 Å². The van der Waals surface area contributed by atoms with E-state index in [1.165, 1.54) is 54.6 Å². The molecular weight excluding hydrogens is 679 g/mol. The number of furan rings is 1. The summed E-state index contributed by atoms with van der Waals surface area (Å²) in [7, 11) is 0. The summed E-state index contributed by atoms with van der Waals surface area (Å²) in [5.41, 5.74) is 12.2. The van der Waals surface area contributed by atoms with E-state index >= 15 is 0 Å². The molecule has 11 rings (SSSR count). The van der Waals surface area contributed by atoms with Gasteiger partial charge >= 0.3 is 0 Å². The van der Waals surface area contributed by atoms with Crippen LogP contribution < -0.4 is 4.90 Å². The van der Waals surface area contributed by atoms with Crippen LogP contribution in [0.3, 0.4) is 0 Å². The van der Waals surface area contributed by atoms with Crippen molar-refractivity contribution >= 4 is 71.3 Å². The van der Waals surface area contributed by atoms with Crippen molar-refractivity contribution in [2.75, 3.05) is 4.90 Å². The Morgan fingerprint density at radius 3 is 1.64 bits per heavy atom.